The number of hydrogen-bond acceptors (Lipinski definition) is 5. The third-order valence-corrected chi connectivity index (χ3v) is 3.69. The first-order valence-corrected chi connectivity index (χ1v) is 6.86. The van der Waals surface area contributed by atoms with Crippen LogP contribution in [0.4, 0.5) is 11.4 Å². The van der Waals surface area contributed by atoms with Crippen molar-refractivity contribution in [2.45, 2.75) is 31.7 Å². The van der Waals surface area contributed by atoms with Gasteiger partial charge < -0.3 is 14.7 Å². The number of rotatable bonds is 4. The van der Waals surface area contributed by atoms with E-state index in [1.807, 2.05) is 0 Å². The van der Waals surface area contributed by atoms with E-state index in [1.165, 1.54) is 19.2 Å². The van der Waals surface area contributed by atoms with E-state index in [4.69, 9.17) is 4.74 Å². The Morgan fingerprint density at radius 2 is 2.14 bits per heavy atom. The maximum Gasteiger partial charge on any atom is 0.326 e. The summed E-state index contributed by atoms with van der Waals surface area (Å²) < 4.78 is 5.08. The molecule has 0 radical (unpaired) electrons. The second-order valence-corrected chi connectivity index (χ2v) is 5.04. The molecule has 1 N–H and O–H groups in total. The lowest BCUT2D eigenvalue weighted by atomic mass is 10.1. The van der Waals surface area contributed by atoms with Gasteiger partial charge in [0.15, 0.2) is 0 Å². The van der Waals surface area contributed by atoms with Crippen molar-refractivity contribution in [3.63, 3.8) is 0 Å². The van der Waals surface area contributed by atoms with E-state index in [1.54, 1.807) is 11.0 Å². The minimum Gasteiger partial charge on any atom is -0.496 e. The van der Waals surface area contributed by atoms with Gasteiger partial charge in [0.05, 0.1) is 18.1 Å². The number of carboxylic acids is 1. The number of benzene rings is 1. The lowest BCUT2D eigenvalue weighted by molar-refractivity contribution is -0.384. The van der Waals surface area contributed by atoms with E-state index < -0.39 is 16.9 Å². The molecule has 7 nitrogen and oxygen atoms in total. The summed E-state index contributed by atoms with van der Waals surface area (Å²) in [4.78, 5) is 23.7. The van der Waals surface area contributed by atoms with Crippen molar-refractivity contribution in [1.29, 1.82) is 0 Å². The molecule has 0 saturated carbocycles. The van der Waals surface area contributed by atoms with Crippen molar-refractivity contribution in [1.82, 2.24) is 0 Å². The van der Waals surface area contributed by atoms with Gasteiger partial charge in [0.1, 0.15) is 11.8 Å². The Morgan fingerprint density at radius 3 is 2.76 bits per heavy atom. The highest BCUT2D eigenvalue weighted by molar-refractivity contribution is 5.79. The molecule has 0 spiro atoms. The van der Waals surface area contributed by atoms with E-state index in [-0.39, 0.29) is 5.69 Å². The highest BCUT2D eigenvalue weighted by atomic mass is 16.6. The Kier molecular flexibility index (Phi) is 4.62. The van der Waals surface area contributed by atoms with Gasteiger partial charge in [-0.2, -0.15) is 0 Å². The van der Waals surface area contributed by atoms with E-state index in [9.17, 15) is 20.0 Å². The maximum absolute atomic E-state index is 11.5. The predicted molar refractivity (Wildman–Crippen MR) is 76.9 cm³/mol. The topological polar surface area (TPSA) is 92.9 Å². The molecule has 1 fully saturated rings. The van der Waals surface area contributed by atoms with Crippen LogP contribution >= 0.6 is 0 Å². The van der Waals surface area contributed by atoms with Crippen LogP contribution in [0.1, 0.15) is 25.7 Å². The van der Waals surface area contributed by atoms with Gasteiger partial charge in [-0.15, -0.1) is 0 Å². The number of nitro groups is 1. The van der Waals surface area contributed by atoms with Gasteiger partial charge >= 0.3 is 5.97 Å². The highest BCUT2D eigenvalue weighted by Gasteiger charge is 2.28. The first-order valence-electron chi connectivity index (χ1n) is 6.86. The molecule has 1 saturated heterocycles. The molecular weight excluding hydrogens is 276 g/mol. The molecule has 114 valence electrons. The van der Waals surface area contributed by atoms with E-state index in [2.05, 4.69) is 0 Å². The Morgan fingerprint density at radius 1 is 1.38 bits per heavy atom. The molecule has 1 aromatic carbocycles. The minimum absolute atomic E-state index is 0.0993. The Bertz CT molecular complexity index is 546. The predicted octanol–water partition coefficient (Wildman–Crippen LogP) is 2.44. The van der Waals surface area contributed by atoms with Crippen molar-refractivity contribution in [3.8, 4) is 5.75 Å². The monoisotopic (exact) mass is 294 g/mol. The lowest BCUT2D eigenvalue weighted by Gasteiger charge is -2.29. The van der Waals surface area contributed by atoms with Crippen LogP contribution in [0.3, 0.4) is 0 Å². The molecule has 7 heteroatoms. The third kappa shape index (κ3) is 3.42. The fraction of sp³-hybridized carbons (Fsp3) is 0.500. The number of anilines is 1. The zero-order valence-corrected chi connectivity index (χ0v) is 11.8. The standard InChI is InChI=1S/C14H18N2O5/c1-21-12-8-10(7-11(9-12)16(19)20)15-6-4-2-3-5-13(15)14(17)18/h7-9,13H,2-6H2,1H3,(H,17,18). The summed E-state index contributed by atoms with van der Waals surface area (Å²) in [6.45, 7) is 0.571. The molecule has 1 atom stereocenters. The van der Waals surface area contributed by atoms with Crippen molar-refractivity contribution in [2.75, 3.05) is 18.6 Å². The number of carbonyl (C=O) groups is 1. The van der Waals surface area contributed by atoms with Crippen LogP contribution in [0.2, 0.25) is 0 Å². The summed E-state index contributed by atoms with van der Waals surface area (Å²) in [7, 11) is 1.43. The van der Waals surface area contributed by atoms with Crippen LogP contribution < -0.4 is 9.64 Å². The van der Waals surface area contributed by atoms with Crippen LogP contribution in [0.15, 0.2) is 18.2 Å². The zero-order valence-electron chi connectivity index (χ0n) is 11.8. The largest absolute Gasteiger partial charge is 0.496 e. The number of hydrogen-bond donors (Lipinski definition) is 1. The van der Waals surface area contributed by atoms with Gasteiger partial charge in [-0.25, -0.2) is 4.79 Å². The molecule has 1 heterocycles. The van der Waals surface area contributed by atoms with E-state index in [0.717, 1.165) is 19.3 Å². The molecular formula is C14H18N2O5. The number of carboxylic acid groups (broad SMARTS) is 1. The fourth-order valence-electron chi connectivity index (χ4n) is 2.63. The lowest BCUT2D eigenvalue weighted by Crippen LogP contribution is -2.40. The molecule has 0 amide bonds. The Hall–Kier alpha value is -2.31. The van der Waals surface area contributed by atoms with Crippen LogP contribution in [0, 0.1) is 10.1 Å². The summed E-state index contributed by atoms with van der Waals surface area (Å²) in [5.74, 6) is -0.546. The van der Waals surface area contributed by atoms with Gasteiger partial charge in [-0.05, 0) is 12.8 Å². The van der Waals surface area contributed by atoms with Crippen LogP contribution in [0.25, 0.3) is 0 Å². The summed E-state index contributed by atoms with van der Waals surface area (Å²) in [5.41, 5.74) is 0.424. The average molecular weight is 294 g/mol. The maximum atomic E-state index is 11.5. The van der Waals surface area contributed by atoms with Crippen molar-refractivity contribution in [2.24, 2.45) is 0 Å². The first-order chi connectivity index (χ1) is 10.0. The average Bonchev–Trinajstić information content (AvgIpc) is 2.72. The molecule has 0 aliphatic carbocycles. The number of nitro benzene ring substituents is 1. The van der Waals surface area contributed by atoms with Crippen molar-refractivity contribution < 1.29 is 19.6 Å². The van der Waals surface area contributed by atoms with Gasteiger partial charge in [-0.3, -0.25) is 10.1 Å². The van der Waals surface area contributed by atoms with Crippen LogP contribution in [-0.4, -0.2) is 35.7 Å². The normalized spacial score (nSPS) is 18.9. The zero-order chi connectivity index (χ0) is 15.4. The molecule has 1 unspecified atom stereocenters. The molecule has 0 bridgehead atoms. The van der Waals surface area contributed by atoms with E-state index in [0.29, 0.717) is 24.4 Å². The molecule has 21 heavy (non-hydrogen) atoms. The number of methoxy groups -OCH3 is 1. The summed E-state index contributed by atoms with van der Waals surface area (Å²) in [6.07, 6.45) is 3.22. The second kappa shape index (κ2) is 6.43. The molecule has 1 aliphatic rings. The van der Waals surface area contributed by atoms with Gasteiger partial charge in [-0.1, -0.05) is 12.8 Å². The Balaban J connectivity index is 2.43. The first kappa shape index (κ1) is 15.1. The number of aliphatic carboxylic acids is 1. The summed E-state index contributed by atoms with van der Waals surface area (Å²) in [6, 6.07) is 3.73. The van der Waals surface area contributed by atoms with Crippen LogP contribution in [-0.2, 0) is 4.79 Å². The molecule has 0 aromatic heterocycles. The van der Waals surface area contributed by atoms with Crippen molar-refractivity contribution in [3.05, 3.63) is 28.3 Å². The summed E-state index contributed by atoms with van der Waals surface area (Å²) >= 11 is 0. The second-order valence-electron chi connectivity index (χ2n) is 5.04. The summed E-state index contributed by atoms with van der Waals surface area (Å²) in [5, 5.41) is 20.4. The third-order valence-electron chi connectivity index (χ3n) is 3.69. The SMILES string of the molecule is COc1cc(N2CCCCCC2C(=O)O)cc([N+](=O)[O-])c1. The van der Waals surface area contributed by atoms with Gasteiger partial charge in [0.2, 0.25) is 0 Å². The fourth-order valence-corrected chi connectivity index (χ4v) is 2.63. The highest BCUT2D eigenvalue weighted by Crippen LogP contribution is 2.31. The quantitative estimate of drug-likeness (QED) is 0.677. The minimum atomic E-state index is -0.901. The van der Waals surface area contributed by atoms with Gasteiger partial charge in [0.25, 0.3) is 5.69 Å². The van der Waals surface area contributed by atoms with E-state index >= 15 is 0 Å². The number of ether oxygens (including phenoxy) is 1. The molecule has 2 rings (SSSR count). The molecule has 1 aromatic rings. The molecule has 1 aliphatic heterocycles. The number of non-ortho nitro benzene ring substituents is 1. The van der Waals surface area contributed by atoms with Crippen LogP contribution in [0.5, 0.6) is 5.75 Å². The van der Waals surface area contributed by atoms with Gasteiger partial charge in [0, 0.05) is 24.4 Å². The Labute approximate surface area is 122 Å². The smallest absolute Gasteiger partial charge is 0.326 e. The number of nitrogens with zero attached hydrogens (tertiary/aromatic N) is 2. The van der Waals surface area contributed by atoms with Crippen molar-refractivity contribution >= 4 is 17.3 Å².